The van der Waals surface area contributed by atoms with Crippen LogP contribution >= 0.6 is 11.3 Å². The van der Waals surface area contributed by atoms with E-state index in [4.69, 9.17) is 4.74 Å². The van der Waals surface area contributed by atoms with Crippen molar-refractivity contribution in [3.63, 3.8) is 0 Å². The van der Waals surface area contributed by atoms with Crippen molar-refractivity contribution in [2.24, 2.45) is 0 Å². The highest BCUT2D eigenvalue weighted by molar-refractivity contribution is 7.11. The minimum absolute atomic E-state index is 0.0519. The lowest BCUT2D eigenvalue weighted by atomic mass is 10.1. The first kappa shape index (κ1) is 16.0. The van der Waals surface area contributed by atoms with Gasteiger partial charge in [-0.05, 0) is 38.1 Å². The van der Waals surface area contributed by atoms with Gasteiger partial charge in [0.2, 0.25) is 0 Å². The molecule has 0 unspecified atom stereocenters. The molecule has 6 heteroatoms. The van der Waals surface area contributed by atoms with Crippen molar-refractivity contribution in [3.05, 3.63) is 45.4 Å². The van der Waals surface area contributed by atoms with Gasteiger partial charge < -0.3 is 15.0 Å². The number of hydrogen-bond acceptors (Lipinski definition) is 5. The second kappa shape index (κ2) is 7.10. The molecule has 0 aliphatic carbocycles. The minimum atomic E-state index is -0.0519. The van der Waals surface area contributed by atoms with Gasteiger partial charge in [0, 0.05) is 29.2 Å². The third kappa shape index (κ3) is 3.89. The van der Waals surface area contributed by atoms with Crippen LogP contribution in [0.5, 0.6) is 0 Å². The van der Waals surface area contributed by atoms with E-state index >= 15 is 0 Å². The summed E-state index contributed by atoms with van der Waals surface area (Å²) in [7, 11) is 0. The molecule has 1 saturated heterocycles. The largest absolute Gasteiger partial charge is 0.378 e. The maximum atomic E-state index is 12.3. The maximum Gasteiger partial charge on any atom is 0.251 e. The van der Waals surface area contributed by atoms with Crippen molar-refractivity contribution in [3.8, 4) is 0 Å². The molecule has 122 valence electrons. The average Bonchev–Trinajstić information content (AvgIpc) is 2.91. The van der Waals surface area contributed by atoms with Crippen molar-refractivity contribution < 1.29 is 9.53 Å². The van der Waals surface area contributed by atoms with Gasteiger partial charge in [-0.2, -0.15) is 0 Å². The van der Waals surface area contributed by atoms with E-state index in [-0.39, 0.29) is 5.91 Å². The summed E-state index contributed by atoms with van der Waals surface area (Å²) in [6, 6.07) is 7.76. The fourth-order valence-electron chi connectivity index (χ4n) is 2.65. The number of rotatable bonds is 4. The zero-order valence-corrected chi connectivity index (χ0v) is 14.3. The summed E-state index contributed by atoms with van der Waals surface area (Å²) in [4.78, 5) is 20.0. The summed E-state index contributed by atoms with van der Waals surface area (Å²) in [6.45, 7) is 7.80. The van der Waals surface area contributed by atoms with Gasteiger partial charge in [0.25, 0.3) is 5.91 Å². The topological polar surface area (TPSA) is 54.5 Å². The van der Waals surface area contributed by atoms with Crippen molar-refractivity contribution in [2.75, 3.05) is 31.2 Å². The number of amides is 1. The lowest BCUT2D eigenvalue weighted by Crippen LogP contribution is -2.36. The van der Waals surface area contributed by atoms with Crippen molar-refractivity contribution in [1.82, 2.24) is 10.3 Å². The quantitative estimate of drug-likeness (QED) is 0.935. The molecule has 3 rings (SSSR count). The van der Waals surface area contributed by atoms with E-state index in [9.17, 15) is 4.79 Å². The molecule has 0 atom stereocenters. The number of ether oxygens (including phenoxy) is 1. The number of nitrogens with zero attached hydrogens (tertiary/aromatic N) is 2. The van der Waals surface area contributed by atoms with Crippen LogP contribution in [0.3, 0.4) is 0 Å². The van der Waals surface area contributed by atoms with Crippen LogP contribution in [0.15, 0.2) is 24.3 Å². The van der Waals surface area contributed by atoms with Crippen LogP contribution in [0.2, 0.25) is 0 Å². The van der Waals surface area contributed by atoms with Crippen LogP contribution in [0.4, 0.5) is 5.69 Å². The van der Waals surface area contributed by atoms with Crippen LogP contribution in [-0.2, 0) is 11.3 Å². The van der Waals surface area contributed by atoms with E-state index in [0.29, 0.717) is 12.1 Å². The predicted octanol–water partition coefficient (Wildman–Crippen LogP) is 2.53. The molecule has 0 saturated carbocycles. The highest BCUT2D eigenvalue weighted by Crippen LogP contribution is 2.18. The Morgan fingerprint density at radius 2 is 1.96 bits per heavy atom. The van der Waals surface area contributed by atoms with Crippen LogP contribution in [0, 0.1) is 13.8 Å². The summed E-state index contributed by atoms with van der Waals surface area (Å²) in [5, 5.41) is 4.00. The highest BCUT2D eigenvalue weighted by Gasteiger charge is 2.13. The van der Waals surface area contributed by atoms with Gasteiger partial charge >= 0.3 is 0 Å². The van der Waals surface area contributed by atoms with Gasteiger partial charge in [-0.3, -0.25) is 4.79 Å². The predicted molar refractivity (Wildman–Crippen MR) is 92.2 cm³/mol. The van der Waals surface area contributed by atoms with Gasteiger partial charge in [0.1, 0.15) is 0 Å². The number of benzene rings is 1. The fraction of sp³-hybridized carbons (Fsp3) is 0.412. The zero-order chi connectivity index (χ0) is 16.2. The zero-order valence-electron chi connectivity index (χ0n) is 13.5. The second-order valence-corrected chi connectivity index (χ2v) is 6.86. The number of anilines is 1. The van der Waals surface area contributed by atoms with E-state index < -0.39 is 0 Å². The SMILES string of the molecule is Cc1nc(C)c(CNC(=O)c2ccc(N3CCOCC3)cc2)s1. The van der Waals surface area contributed by atoms with E-state index in [2.05, 4.69) is 15.2 Å². The molecule has 0 bridgehead atoms. The van der Waals surface area contributed by atoms with Gasteiger partial charge in [-0.25, -0.2) is 4.98 Å². The number of carbonyl (C=O) groups is 1. The minimum Gasteiger partial charge on any atom is -0.378 e. The molecular formula is C17H21N3O2S. The summed E-state index contributed by atoms with van der Waals surface area (Å²) >= 11 is 1.63. The number of aryl methyl sites for hydroxylation is 2. The summed E-state index contributed by atoms with van der Waals surface area (Å²) in [5.41, 5.74) is 2.81. The first-order chi connectivity index (χ1) is 11.1. The molecule has 0 radical (unpaired) electrons. The molecule has 1 fully saturated rings. The Kier molecular flexibility index (Phi) is 4.93. The lowest BCUT2D eigenvalue weighted by Gasteiger charge is -2.28. The molecular weight excluding hydrogens is 310 g/mol. The molecule has 1 aromatic carbocycles. The van der Waals surface area contributed by atoms with Crippen LogP contribution in [0.25, 0.3) is 0 Å². The smallest absolute Gasteiger partial charge is 0.251 e. The molecule has 2 heterocycles. The number of nitrogens with one attached hydrogen (secondary N) is 1. The Labute approximate surface area is 140 Å². The molecule has 23 heavy (non-hydrogen) atoms. The van der Waals surface area contributed by atoms with Crippen LogP contribution < -0.4 is 10.2 Å². The number of carbonyl (C=O) groups excluding carboxylic acids is 1. The Bertz CT molecular complexity index is 676. The monoisotopic (exact) mass is 331 g/mol. The molecule has 0 spiro atoms. The van der Waals surface area contributed by atoms with Crippen molar-refractivity contribution in [1.29, 1.82) is 0 Å². The number of hydrogen-bond donors (Lipinski definition) is 1. The summed E-state index contributed by atoms with van der Waals surface area (Å²) in [6.07, 6.45) is 0. The van der Waals surface area contributed by atoms with Gasteiger partial charge in [-0.1, -0.05) is 0 Å². The molecule has 1 aromatic heterocycles. The maximum absolute atomic E-state index is 12.3. The number of thiazole rings is 1. The highest BCUT2D eigenvalue weighted by atomic mass is 32.1. The number of aromatic nitrogens is 1. The van der Waals surface area contributed by atoms with E-state index in [0.717, 1.165) is 47.6 Å². The first-order valence-electron chi connectivity index (χ1n) is 7.77. The van der Waals surface area contributed by atoms with Crippen molar-refractivity contribution in [2.45, 2.75) is 20.4 Å². The fourth-order valence-corrected chi connectivity index (χ4v) is 3.52. The van der Waals surface area contributed by atoms with Gasteiger partial charge in [-0.15, -0.1) is 11.3 Å². The van der Waals surface area contributed by atoms with E-state index in [1.165, 1.54) is 0 Å². The second-order valence-electron chi connectivity index (χ2n) is 5.57. The average molecular weight is 331 g/mol. The first-order valence-corrected chi connectivity index (χ1v) is 8.59. The molecule has 2 aromatic rings. The standard InChI is InChI=1S/C17H21N3O2S/c1-12-16(23-13(2)19-12)11-18-17(21)14-3-5-15(6-4-14)20-7-9-22-10-8-20/h3-6H,7-11H2,1-2H3,(H,18,21). The van der Waals surface area contributed by atoms with Crippen molar-refractivity contribution >= 4 is 22.9 Å². The molecule has 1 N–H and O–H groups in total. The Hall–Kier alpha value is -1.92. The van der Waals surface area contributed by atoms with Gasteiger partial charge in [0.15, 0.2) is 0 Å². The molecule has 1 amide bonds. The molecule has 5 nitrogen and oxygen atoms in total. The van der Waals surface area contributed by atoms with Crippen LogP contribution in [-0.4, -0.2) is 37.2 Å². The normalized spacial score (nSPS) is 14.8. The third-order valence-electron chi connectivity index (χ3n) is 3.91. The third-order valence-corrected chi connectivity index (χ3v) is 4.99. The lowest BCUT2D eigenvalue weighted by molar-refractivity contribution is 0.0951. The van der Waals surface area contributed by atoms with Crippen LogP contribution in [0.1, 0.15) is 25.9 Å². The number of morpholine rings is 1. The molecule has 1 aliphatic heterocycles. The van der Waals surface area contributed by atoms with E-state index in [1.54, 1.807) is 11.3 Å². The van der Waals surface area contributed by atoms with Gasteiger partial charge in [0.05, 0.1) is 30.5 Å². The molecule has 1 aliphatic rings. The summed E-state index contributed by atoms with van der Waals surface area (Å²) < 4.78 is 5.36. The summed E-state index contributed by atoms with van der Waals surface area (Å²) in [5.74, 6) is -0.0519. The Balaban J connectivity index is 1.60. The Morgan fingerprint density at radius 1 is 1.26 bits per heavy atom. The Morgan fingerprint density at radius 3 is 2.57 bits per heavy atom. The van der Waals surface area contributed by atoms with E-state index in [1.807, 2.05) is 38.1 Å².